The van der Waals surface area contributed by atoms with Crippen LogP contribution in [-0.2, 0) is 9.53 Å². The number of rotatable bonds is 14. The van der Waals surface area contributed by atoms with Crippen molar-refractivity contribution in [3.8, 4) is 0 Å². The number of carboxylic acids is 1. The molecule has 1 atom stereocenters. The molecule has 0 bridgehead atoms. The first-order valence-electron chi connectivity index (χ1n) is 9.21. The van der Waals surface area contributed by atoms with Gasteiger partial charge in [0.15, 0.2) is 6.10 Å². The third-order valence-electron chi connectivity index (χ3n) is 3.99. The van der Waals surface area contributed by atoms with Crippen LogP contribution in [0.1, 0.15) is 98.3 Å². The minimum Gasteiger partial charge on any atom is -0.479 e. The Balaban J connectivity index is 3.59. The zero-order valence-electron chi connectivity index (χ0n) is 15.3. The molecule has 0 aromatic heterocycles. The van der Waals surface area contributed by atoms with Gasteiger partial charge in [-0.15, -0.1) is 0 Å². The lowest BCUT2D eigenvalue weighted by Crippen LogP contribution is -2.24. The Morgan fingerprint density at radius 1 is 0.955 bits per heavy atom. The molecule has 0 aliphatic carbocycles. The molecule has 1 N–H and O–H groups in total. The highest BCUT2D eigenvalue weighted by Gasteiger charge is 2.17. The van der Waals surface area contributed by atoms with Crippen LogP contribution in [0.15, 0.2) is 0 Å². The Bertz CT molecular complexity index is 268. The summed E-state index contributed by atoms with van der Waals surface area (Å²) in [7, 11) is 0. The van der Waals surface area contributed by atoms with Gasteiger partial charge in [-0.3, -0.25) is 0 Å². The lowest BCUT2D eigenvalue weighted by atomic mass is 9.89. The molecule has 0 saturated heterocycles. The van der Waals surface area contributed by atoms with Crippen LogP contribution < -0.4 is 0 Å². The molecule has 0 rings (SSSR count). The summed E-state index contributed by atoms with van der Waals surface area (Å²) in [6.45, 7) is 9.60. The maximum absolute atomic E-state index is 11.2. The quantitative estimate of drug-likeness (QED) is 0.411. The topological polar surface area (TPSA) is 46.5 Å². The average molecular weight is 315 g/mol. The van der Waals surface area contributed by atoms with E-state index in [0.717, 1.165) is 25.7 Å². The number of ether oxygens (including phenoxy) is 1. The molecule has 0 aliphatic rings. The van der Waals surface area contributed by atoms with Gasteiger partial charge in [-0.1, -0.05) is 79.1 Å². The smallest absolute Gasteiger partial charge is 0.332 e. The molecule has 22 heavy (non-hydrogen) atoms. The van der Waals surface area contributed by atoms with Crippen molar-refractivity contribution in [3.05, 3.63) is 0 Å². The first-order chi connectivity index (χ1) is 10.4. The van der Waals surface area contributed by atoms with E-state index < -0.39 is 12.1 Å². The van der Waals surface area contributed by atoms with Crippen LogP contribution in [-0.4, -0.2) is 23.8 Å². The number of hydrogen-bond donors (Lipinski definition) is 1. The zero-order valence-corrected chi connectivity index (χ0v) is 15.3. The molecule has 0 saturated carbocycles. The molecular formula is C19H38O3. The first-order valence-corrected chi connectivity index (χ1v) is 9.21. The second kappa shape index (κ2) is 12.9. The number of carboxylic acid groups (broad SMARTS) is 1. The summed E-state index contributed by atoms with van der Waals surface area (Å²) in [6, 6.07) is 0. The normalized spacial score (nSPS) is 13.3. The lowest BCUT2D eigenvalue weighted by molar-refractivity contribution is -0.151. The predicted molar refractivity (Wildman–Crippen MR) is 93.3 cm³/mol. The van der Waals surface area contributed by atoms with Gasteiger partial charge in [-0.2, -0.15) is 0 Å². The van der Waals surface area contributed by atoms with Crippen LogP contribution in [0, 0.1) is 5.41 Å². The molecule has 1 unspecified atom stereocenters. The highest BCUT2D eigenvalue weighted by molar-refractivity contribution is 5.72. The molecule has 0 aromatic rings. The second-order valence-corrected chi connectivity index (χ2v) is 7.63. The summed E-state index contributed by atoms with van der Waals surface area (Å²) in [6.07, 6.45) is 11.7. The minimum absolute atomic E-state index is 0.431. The fraction of sp³-hybridized carbons (Fsp3) is 0.947. The van der Waals surface area contributed by atoms with E-state index in [-0.39, 0.29) is 0 Å². The van der Waals surface area contributed by atoms with Crippen LogP contribution in [0.5, 0.6) is 0 Å². The van der Waals surface area contributed by atoms with Crippen molar-refractivity contribution in [1.29, 1.82) is 0 Å². The van der Waals surface area contributed by atoms with E-state index in [1.165, 1.54) is 38.5 Å². The molecule has 0 spiro atoms. The van der Waals surface area contributed by atoms with Crippen molar-refractivity contribution in [2.75, 3.05) is 6.61 Å². The van der Waals surface area contributed by atoms with Crippen molar-refractivity contribution in [2.24, 2.45) is 5.41 Å². The molecule has 0 aromatic carbocycles. The molecule has 0 aliphatic heterocycles. The summed E-state index contributed by atoms with van der Waals surface area (Å²) in [4.78, 5) is 11.2. The fourth-order valence-electron chi connectivity index (χ4n) is 2.55. The van der Waals surface area contributed by atoms with E-state index in [0.29, 0.717) is 18.4 Å². The average Bonchev–Trinajstić information content (AvgIpc) is 2.42. The van der Waals surface area contributed by atoms with Crippen LogP contribution in [0.2, 0.25) is 0 Å². The van der Waals surface area contributed by atoms with Gasteiger partial charge in [0, 0.05) is 6.61 Å². The molecule has 0 fully saturated rings. The molecule has 0 radical (unpaired) electrons. The van der Waals surface area contributed by atoms with E-state index in [1.54, 1.807) is 0 Å². The summed E-state index contributed by atoms with van der Waals surface area (Å²) >= 11 is 0. The Morgan fingerprint density at radius 2 is 1.55 bits per heavy atom. The van der Waals surface area contributed by atoms with Crippen LogP contribution in [0.3, 0.4) is 0 Å². The van der Waals surface area contributed by atoms with Gasteiger partial charge in [-0.05, 0) is 24.7 Å². The predicted octanol–water partition coefficient (Wildman–Crippen LogP) is 5.81. The van der Waals surface area contributed by atoms with E-state index >= 15 is 0 Å². The van der Waals surface area contributed by atoms with Gasteiger partial charge in [-0.25, -0.2) is 4.79 Å². The van der Waals surface area contributed by atoms with Gasteiger partial charge in [0.25, 0.3) is 0 Å². The lowest BCUT2D eigenvalue weighted by Gasteiger charge is -2.17. The van der Waals surface area contributed by atoms with E-state index in [2.05, 4.69) is 27.7 Å². The highest BCUT2D eigenvalue weighted by atomic mass is 16.5. The van der Waals surface area contributed by atoms with Crippen molar-refractivity contribution >= 4 is 5.97 Å². The maximum Gasteiger partial charge on any atom is 0.332 e. The van der Waals surface area contributed by atoms with Gasteiger partial charge in [0.2, 0.25) is 0 Å². The van der Waals surface area contributed by atoms with Gasteiger partial charge in [0.05, 0.1) is 0 Å². The first kappa shape index (κ1) is 21.4. The Labute approximate surface area is 137 Å². The van der Waals surface area contributed by atoms with E-state index in [4.69, 9.17) is 4.74 Å². The van der Waals surface area contributed by atoms with Crippen molar-refractivity contribution < 1.29 is 14.6 Å². The van der Waals surface area contributed by atoms with Crippen LogP contribution in [0.4, 0.5) is 0 Å². The minimum atomic E-state index is -0.803. The number of unbranched alkanes of at least 4 members (excludes halogenated alkanes) is 7. The number of aliphatic carboxylic acids is 1. The Morgan fingerprint density at radius 3 is 2.14 bits per heavy atom. The molecule has 0 heterocycles. The third kappa shape index (κ3) is 14.4. The van der Waals surface area contributed by atoms with E-state index in [1.807, 2.05) is 0 Å². The van der Waals surface area contributed by atoms with E-state index in [9.17, 15) is 9.90 Å². The van der Waals surface area contributed by atoms with Crippen LogP contribution >= 0.6 is 0 Å². The second-order valence-electron chi connectivity index (χ2n) is 7.63. The Hall–Kier alpha value is -0.570. The van der Waals surface area contributed by atoms with Crippen molar-refractivity contribution in [2.45, 2.75) is 104 Å². The zero-order chi connectivity index (χ0) is 16.8. The standard InChI is InChI=1S/C19H38O3/c1-5-6-7-13-16-22-17(18(20)21)14-11-9-8-10-12-15-19(2,3)4/h17H,5-16H2,1-4H3,(H,20,21). The fourth-order valence-corrected chi connectivity index (χ4v) is 2.55. The van der Waals surface area contributed by atoms with Gasteiger partial charge >= 0.3 is 5.97 Å². The van der Waals surface area contributed by atoms with Gasteiger partial charge in [0.1, 0.15) is 0 Å². The maximum atomic E-state index is 11.2. The summed E-state index contributed by atoms with van der Waals surface area (Å²) < 4.78 is 5.52. The molecule has 3 nitrogen and oxygen atoms in total. The van der Waals surface area contributed by atoms with Crippen LogP contribution in [0.25, 0.3) is 0 Å². The number of carbonyl (C=O) groups is 1. The number of hydrogen-bond acceptors (Lipinski definition) is 2. The molecule has 0 amide bonds. The van der Waals surface area contributed by atoms with Crippen molar-refractivity contribution in [1.82, 2.24) is 0 Å². The summed E-state index contributed by atoms with van der Waals surface area (Å²) in [5, 5.41) is 9.18. The van der Waals surface area contributed by atoms with Crippen molar-refractivity contribution in [3.63, 3.8) is 0 Å². The SMILES string of the molecule is CCCCCCOC(CCCCCCCC(C)(C)C)C(=O)O. The molecular weight excluding hydrogens is 276 g/mol. The monoisotopic (exact) mass is 314 g/mol. The summed E-state index contributed by atoms with van der Waals surface area (Å²) in [5.74, 6) is -0.803. The molecule has 3 heteroatoms. The van der Waals surface area contributed by atoms with Gasteiger partial charge < -0.3 is 9.84 Å². The highest BCUT2D eigenvalue weighted by Crippen LogP contribution is 2.22. The largest absolute Gasteiger partial charge is 0.479 e. The summed E-state index contributed by atoms with van der Waals surface area (Å²) in [5.41, 5.74) is 0.431. The third-order valence-corrected chi connectivity index (χ3v) is 3.99. The Kier molecular flexibility index (Phi) is 12.6. The molecule has 132 valence electrons.